The topological polar surface area (TPSA) is 55.4 Å². The van der Waals surface area contributed by atoms with Crippen LogP contribution in [0.4, 0.5) is 0 Å². The summed E-state index contributed by atoms with van der Waals surface area (Å²) in [4.78, 5) is 0. The maximum absolute atomic E-state index is 11.1. The summed E-state index contributed by atoms with van der Waals surface area (Å²) in [7, 11) is -2.92. The van der Waals surface area contributed by atoms with Crippen LogP contribution in [0.25, 0.3) is 0 Å². The van der Waals surface area contributed by atoms with E-state index in [0.29, 0.717) is 13.0 Å². The number of hydrogen-bond donors (Lipinski definition) is 1. The highest BCUT2D eigenvalue weighted by atomic mass is 32.2. The second-order valence-electron chi connectivity index (χ2n) is 6.50. The summed E-state index contributed by atoms with van der Waals surface area (Å²) in [5, 5.41) is 3.44. The van der Waals surface area contributed by atoms with Gasteiger partial charge in [-0.05, 0) is 39.7 Å². The summed E-state index contributed by atoms with van der Waals surface area (Å²) >= 11 is 0. The third-order valence-corrected chi connectivity index (χ3v) is 4.04. The van der Waals surface area contributed by atoms with Crippen molar-refractivity contribution in [1.29, 1.82) is 0 Å². The highest BCUT2D eigenvalue weighted by molar-refractivity contribution is 7.90. The Balaban J connectivity index is 2.67. The van der Waals surface area contributed by atoms with E-state index in [1.54, 1.807) is 0 Å². The smallest absolute Gasteiger partial charge is 0.147 e. The van der Waals surface area contributed by atoms with Crippen molar-refractivity contribution in [3.8, 4) is 5.75 Å². The minimum atomic E-state index is -2.92. The van der Waals surface area contributed by atoms with Gasteiger partial charge in [0.05, 0.1) is 12.4 Å². The first-order valence-electron chi connectivity index (χ1n) is 7.22. The van der Waals surface area contributed by atoms with Crippen molar-refractivity contribution < 1.29 is 13.2 Å². The van der Waals surface area contributed by atoms with Crippen molar-refractivity contribution in [2.24, 2.45) is 0 Å². The zero-order valence-corrected chi connectivity index (χ0v) is 14.5. The minimum Gasteiger partial charge on any atom is -0.493 e. The van der Waals surface area contributed by atoms with Crippen molar-refractivity contribution in [3.05, 3.63) is 29.3 Å². The third kappa shape index (κ3) is 7.48. The number of sulfone groups is 1. The van der Waals surface area contributed by atoms with E-state index in [-0.39, 0.29) is 11.3 Å². The Bertz CT molecular complexity index is 559. The van der Waals surface area contributed by atoms with Gasteiger partial charge in [0.1, 0.15) is 15.6 Å². The van der Waals surface area contributed by atoms with Crippen molar-refractivity contribution in [2.75, 3.05) is 18.6 Å². The molecule has 0 saturated heterocycles. The Kier molecular flexibility index (Phi) is 6.23. The average molecular weight is 313 g/mol. The molecule has 0 heterocycles. The van der Waals surface area contributed by atoms with E-state index in [4.69, 9.17) is 4.74 Å². The summed E-state index contributed by atoms with van der Waals surface area (Å²) in [6.07, 6.45) is 1.76. The molecule has 1 aromatic rings. The van der Waals surface area contributed by atoms with E-state index in [1.807, 2.05) is 25.1 Å². The Morgan fingerprint density at radius 2 is 1.90 bits per heavy atom. The zero-order valence-electron chi connectivity index (χ0n) is 13.7. The van der Waals surface area contributed by atoms with Crippen LogP contribution in [0, 0.1) is 6.92 Å². The van der Waals surface area contributed by atoms with E-state index < -0.39 is 9.84 Å². The Hall–Kier alpha value is -1.07. The SMILES string of the molecule is Cc1cccc(CNC(C)(C)C)c1OCCCS(C)(=O)=O. The van der Waals surface area contributed by atoms with Gasteiger partial charge in [-0.3, -0.25) is 0 Å². The van der Waals surface area contributed by atoms with E-state index in [0.717, 1.165) is 23.4 Å². The molecule has 1 aromatic carbocycles. The van der Waals surface area contributed by atoms with Crippen LogP contribution >= 0.6 is 0 Å². The summed E-state index contributed by atoms with van der Waals surface area (Å²) in [6.45, 7) is 9.51. The van der Waals surface area contributed by atoms with Crippen molar-refractivity contribution in [2.45, 2.75) is 46.2 Å². The maximum Gasteiger partial charge on any atom is 0.147 e. The largest absolute Gasteiger partial charge is 0.493 e. The molecular weight excluding hydrogens is 286 g/mol. The molecule has 4 nitrogen and oxygen atoms in total. The molecule has 0 aliphatic rings. The molecule has 0 unspecified atom stereocenters. The number of ether oxygens (including phenoxy) is 1. The molecule has 0 aliphatic heterocycles. The fraction of sp³-hybridized carbons (Fsp3) is 0.625. The van der Waals surface area contributed by atoms with Crippen molar-refractivity contribution >= 4 is 9.84 Å². The molecular formula is C16H27NO3S. The van der Waals surface area contributed by atoms with E-state index in [2.05, 4.69) is 26.1 Å². The van der Waals surface area contributed by atoms with Crippen LogP contribution in [-0.4, -0.2) is 32.6 Å². The molecule has 120 valence electrons. The highest BCUT2D eigenvalue weighted by Gasteiger charge is 2.12. The number of nitrogens with one attached hydrogen (secondary N) is 1. The average Bonchev–Trinajstić information content (AvgIpc) is 2.31. The highest BCUT2D eigenvalue weighted by Crippen LogP contribution is 2.24. The molecule has 0 atom stereocenters. The Morgan fingerprint density at radius 3 is 2.48 bits per heavy atom. The number of rotatable bonds is 7. The van der Waals surface area contributed by atoms with Crippen molar-refractivity contribution in [1.82, 2.24) is 5.32 Å². The molecule has 0 saturated carbocycles. The van der Waals surface area contributed by atoms with Gasteiger partial charge >= 0.3 is 0 Å². The zero-order chi connectivity index (χ0) is 16.1. The van der Waals surface area contributed by atoms with Gasteiger partial charge in [0.25, 0.3) is 0 Å². The Labute approximate surface area is 128 Å². The van der Waals surface area contributed by atoms with Gasteiger partial charge in [0.2, 0.25) is 0 Å². The number of aryl methyl sites for hydroxylation is 1. The third-order valence-electron chi connectivity index (χ3n) is 3.01. The summed E-state index contributed by atoms with van der Waals surface area (Å²) in [6, 6.07) is 6.06. The van der Waals surface area contributed by atoms with Crippen LogP contribution in [-0.2, 0) is 16.4 Å². The number of hydrogen-bond acceptors (Lipinski definition) is 4. The second kappa shape index (κ2) is 7.27. The minimum absolute atomic E-state index is 0.0390. The number of para-hydroxylation sites is 1. The quantitative estimate of drug-likeness (QED) is 0.786. The fourth-order valence-electron chi connectivity index (χ4n) is 1.91. The van der Waals surface area contributed by atoms with Gasteiger partial charge in [-0.25, -0.2) is 8.42 Å². The number of benzene rings is 1. The molecule has 0 bridgehead atoms. The predicted molar refractivity (Wildman–Crippen MR) is 87.6 cm³/mol. The summed E-state index contributed by atoms with van der Waals surface area (Å²) in [5.74, 6) is 1.02. The van der Waals surface area contributed by atoms with Gasteiger partial charge in [0.15, 0.2) is 0 Å². The van der Waals surface area contributed by atoms with E-state index >= 15 is 0 Å². The van der Waals surface area contributed by atoms with Crippen LogP contribution in [0.2, 0.25) is 0 Å². The van der Waals surface area contributed by atoms with Crippen LogP contribution < -0.4 is 10.1 Å². The second-order valence-corrected chi connectivity index (χ2v) is 8.76. The Morgan fingerprint density at radius 1 is 1.24 bits per heavy atom. The molecule has 0 radical (unpaired) electrons. The lowest BCUT2D eigenvalue weighted by atomic mass is 10.1. The molecule has 0 spiro atoms. The van der Waals surface area contributed by atoms with Gasteiger partial charge in [-0.1, -0.05) is 18.2 Å². The summed E-state index contributed by atoms with van der Waals surface area (Å²) < 4.78 is 28.1. The first kappa shape index (κ1) is 18.0. The normalized spacial score (nSPS) is 12.4. The lowest BCUT2D eigenvalue weighted by Crippen LogP contribution is -2.35. The first-order valence-corrected chi connectivity index (χ1v) is 9.28. The van der Waals surface area contributed by atoms with Crippen LogP contribution in [0.5, 0.6) is 5.75 Å². The molecule has 1 rings (SSSR count). The maximum atomic E-state index is 11.1. The molecule has 21 heavy (non-hydrogen) atoms. The van der Waals surface area contributed by atoms with Crippen LogP contribution in [0.1, 0.15) is 38.3 Å². The molecule has 0 aromatic heterocycles. The lowest BCUT2D eigenvalue weighted by molar-refractivity contribution is 0.309. The molecule has 0 fully saturated rings. The van der Waals surface area contributed by atoms with E-state index in [9.17, 15) is 8.42 Å². The summed E-state index contributed by atoms with van der Waals surface area (Å²) in [5.41, 5.74) is 2.21. The fourth-order valence-corrected chi connectivity index (χ4v) is 2.56. The molecule has 0 aliphatic carbocycles. The predicted octanol–water partition coefficient (Wildman–Crippen LogP) is 2.70. The molecule has 1 N–H and O–H groups in total. The molecule has 5 heteroatoms. The van der Waals surface area contributed by atoms with E-state index in [1.165, 1.54) is 6.26 Å². The van der Waals surface area contributed by atoms with Gasteiger partial charge < -0.3 is 10.1 Å². The molecule has 0 amide bonds. The first-order chi connectivity index (χ1) is 9.58. The monoisotopic (exact) mass is 313 g/mol. The van der Waals surface area contributed by atoms with Gasteiger partial charge in [-0.2, -0.15) is 0 Å². The van der Waals surface area contributed by atoms with Crippen LogP contribution in [0.15, 0.2) is 18.2 Å². The van der Waals surface area contributed by atoms with Crippen molar-refractivity contribution in [3.63, 3.8) is 0 Å². The van der Waals surface area contributed by atoms with Gasteiger partial charge in [0, 0.05) is 23.9 Å². The van der Waals surface area contributed by atoms with Gasteiger partial charge in [-0.15, -0.1) is 0 Å². The van der Waals surface area contributed by atoms with Crippen LogP contribution in [0.3, 0.4) is 0 Å². The standard InChI is InChI=1S/C16H27NO3S/c1-13-8-6-9-14(12-17-16(2,3)4)15(13)20-10-7-11-21(5,18)19/h6,8-9,17H,7,10-12H2,1-5H3. The lowest BCUT2D eigenvalue weighted by Gasteiger charge is -2.22.